The lowest BCUT2D eigenvalue weighted by atomic mass is 9.89. The number of rotatable bonds is 6. The summed E-state index contributed by atoms with van der Waals surface area (Å²) in [6.07, 6.45) is 0. The molecule has 0 N–H and O–H groups in total. The van der Waals surface area contributed by atoms with Gasteiger partial charge in [0.15, 0.2) is 17.5 Å². The average Bonchev–Trinajstić information content (AvgIpc) is 3.21. The van der Waals surface area contributed by atoms with E-state index in [4.69, 9.17) is 22.4 Å². The number of benzene rings is 7. The first-order chi connectivity index (χ1) is 25.5. The van der Waals surface area contributed by atoms with Gasteiger partial charge in [0.2, 0.25) is 0 Å². The van der Waals surface area contributed by atoms with E-state index in [1.54, 1.807) is 6.07 Å². The van der Waals surface area contributed by atoms with Crippen LogP contribution in [0.1, 0.15) is 8.30 Å². The third kappa shape index (κ3) is 5.63. The maximum absolute atomic E-state index is 8.53. The predicted molar refractivity (Wildman–Crippen MR) is 202 cm³/mol. The monoisotopic (exact) mass is 643 g/mol. The molecule has 7 aromatic carbocycles. The number of hydrogen-bond donors (Lipinski definition) is 0. The van der Waals surface area contributed by atoms with E-state index in [9.17, 15) is 0 Å². The first-order valence-corrected chi connectivity index (χ1v) is 16.6. The molecule has 0 amide bonds. The Morgan fingerprint density at radius 1 is 0.380 bits per heavy atom. The van der Waals surface area contributed by atoms with Crippen molar-refractivity contribution in [2.24, 2.45) is 0 Å². The lowest BCUT2D eigenvalue weighted by molar-refractivity contribution is 0.302. The molecule has 1 aliphatic heterocycles. The number of nitrogens with zero attached hydrogens (tertiary/aromatic N) is 3. The lowest BCUT2D eigenvalue weighted by Crippen LogP contribution is -2.06. The second kappa shape index (κ2) is 12.8. The molecule has 0 fully saturated rings. The Hall–Kier alpha value is -6.65. The van der Waals surface area contributed by atoms with Crippen molar-refractivity contribution in [1.29, 1.82) is 0 Å². The first kappa shape index (κ1) is 27.3. The fourth-order valence-electron chi connectivity index (χ4n) is 6.51. The van der Waals surface area contributed by atoms with Gasteiger partial charge in [-0.1, -0.05) is 164 Å². The third-order valence-electron chi connectivity index (χ3n) is 9.06. The van der Waals surface area contributed by atoms with E-state index in [1.165, 1.54) is 0 Å². The van der Waals surface area contributed by atoms with E-state index in [-0.39, 0.29) is 0 Å². The lowest BCUT2D eigenvalue weighted by Gasteiger charge is -2.23. The highest BCUT2D eigenvalue weighted by Gasteiger charge is 2.21. The first-order valence-electron chi connectivity index (χ1n) is 17.6. The Morgan fingerprint density at radius 2 is 0.840 bits per heavy atom. The summed E-state index contributed by atoms with van der Waals surface area (Å²) in [6.45, 7) is -1.91. The summed E-state index contributed by atoms with van der Waals surface area (Å²) in [7, 11) is 0. The molecule has 50 heavy (non-hydrogen) atoms. The Kier molecular flexibility index (Phi) is 6.97. The quantitative estimate of drug-likeness (QED) is 0.181. The van der Waals surface area contributed by atoms with Gasteiger partial charge < -0.3 is 4.74 Å². The molecule has 2 heterocycles. The zero-order chi connectivity index (χ0) is 35.1. The van der Waals surface area contributed by atoms with Crippen molar-refractivity contribution in [2.75, 3.05) is 0 Å². The highest BCUT2D eigenvalue weighted by atomic mass is 16.5. The van der Waals surface area contributed by atoms with Gasteiger partial charge in [-0.15, -0.1) is 0 Å². The second-order valence-electron chi connectivity index (χ2n) is 12.2. The van der Waals surface area contributed by atoms with Crippen LogP contribution in [0.5, 0.6) is 5.75 Å². The molecule has 0 radical (unpaired) electrons. The Bertz CT molecular complexity index is 2550. The van der Waals surface area contributed by atoms with Crippen LogP contribution in [0.2, 0.25) is 0 Å². The van der Waals surface area contributed by atoms with Gasteiger partial charge in [-0.2, -0.15) is 0 Å². The maximum atomic E-state index is 8.53. The minimum absolute atomic E-state index is 0.518. The SMILES string of the molecule is [2H]C1([2H])Oc2cccc(-c3ccc(-c4nc(-c5ccc(-c6ccccc6)cc5)nc(-c5cccc(-c6ccccc6)c5)n4)cc3)c2-c2ccccc21. The second-order valence-corrected chi connectivity index (χ2v) is 12.2. The van der Waals surface area contributed by atoms with E-state index < -0.39 is 6.56 Å². The number of fused-ring (bicyclic) bond motifs is 3. The van der Waals surface area contributed by atoms with E-state index in [0.29, 0.717) is 28.8 Å². The summed E-state index contributed by atoms with van der Waals surface area (Å²) in [4.78, 5) is 15.1. The molecular formula is C46H31N3O. The zero-order valence-electron chi connectivity index (χ0n) is 29.0. The molecule has 0 spiro atoms. The maximum Gasteiger partial charge on any atom is 0.164 e. The van der Waals surface area contributed by atoms with Crippen LogP contribution >= 0.6 is 0 Å². The molecule has 0 bridgehead atoms. The van der Waals surface area contributed by atoms with Gasteiger partial charge in [-0.25, -0.2) is 15.0 Å². The predicted octanol–water partition coefficient (Wildman–Crippen LogP) is 11.4. The topological polar surface area (TPSA) is 47.9 Å². The molecule has 0 unspecified atom stereocenters. The summed E-state index contributed by atoms with van der Waals surface area (Å²) >= 11 is 0. The van der Waals surface area contributed by atoms with Crippen LogP contribution in [0.25, 0.3) is 78.7 Å². The van der Waals surface area contributed by atoms with E-state index >= 15 is 0 Å². The smallest absolute Gasteiger partial charge is 0.164 e. The standard InChI is InChI=1S/C46H31N3O/c1-3-11-31(12-4-1)33-21-25-35(26-22-33)44-47-45(49-46(48-44)38-17-9-16-37(29-38)32-13-5-2-6-14-32)36-27-23-34(24-28-36)40-19-10-20-42-43(40)41-18-8-7-15-39(41)30-50-42/h1-29H,30H2/i30D2. The molecule has 236 valence electrons. The fraction of sp³-hybridized carbons (Fsp3) is 0.0217. The number of ether oxygens (including phenoxy) is 1. The van der Waals surface area contributed by atoms with Crippen LogP contribution in [-0.2, 0) is 6.56 Å². The number of hydrogen-bond acceptors (Lipinski definition) is 4. The molecule has 0 aliphatic carbocycles. The van der Waals surface area contributed by atoms with Crippen LogP contribution < -0.4 is 4.74 Å². The molecule has 9 rings (SSSR count). The average molecular weight is 644 g/mol. The van der Waals surface area contributed by atoms with Crippen molar-refractivity contribution in [3.63, 3.8) is 0 Å². The highest BCUT2D eigenvalue weighted by Crippen LogP contribution is 2.44. The normalized spacial score (nSPS) is 13.3. The van der Waals surface area contributed by atoms with Gasteiger partial charge in [0, 0.05) is 22.3 Å². The summed E-state index contributed by atoms with van der Waals surface area (Å²) in [5.74, 6) is 2.27. The van der Waals surface area contributed by atoms with Crippen molar-refractivity contribution >= 4 is 0 Å². The third-order valence-corrected chi connectivity index (χ3v) is 9.06. The van der Waals surface area contributed by atoms with Gasteiger partial charge in [0.05, 0.1) is 2.74 Å². The van der Waals surface area contributed by atoms with Gasteiger partial charge in [0.25, 0.3) is 0 Å². The zero-order valence-corrected chi connectivity index (χ0v) is 27.0. The molecule has 0 saturated carbocycles. The fourth-order valence-corrected chi connectivity index (χ4v) is 6.51. The summed E-state index contributed by atoms with van der Waals surface area (Å²) in [5, 5.41) is 0. The minimum atomic E-state index is -1.91. The van der Waals surface area contributed by atoms with Gasteiger partial charge in [-0.05, 0) is 56.6 Å². The van der Waals surface area contributed by atoms with Crippen molar-refractivity contribution < 1.29 is 7.48 Å². The summed E-state index contributed by atoms with van der Waals surface area (Å²) in [6, 6.07) is 58.8. The van der Waals surface area contributed by atoms with Gasteiger partial charge >= 0.3 is 0 Å². The van der Waals surface area contributed by atoms with E-state index in [2.05, 4.69) is 72.8 Å². The molecule has 0 saturated heterocycles. The Balaban J connectivity index is 1.13. The summed E-state index contributed by atoms with van der Waals surface area (Å²) in [5.41, 5.74) is 11.3. The van der Waals surface area contributed by atoms with Crippen LogP contribution in [0.3, 0.4) is 0 Å². The van der Waals surface area contributed by atoms with Gasteiger partial charge in [0.1, 0.15) is 12.3 Å². The van der Waals surface area contributed by atoms with E-state index in [1.807, 2.05) is 97.1 Å². The van der Waals surface area contributed by atoms with Crippen LogP contribution in [0.4, 0.5) is 0 Å². The van der Waals surface area contributed by atoms with E-state index in [0.717, 1.165) is 61.2 Å². The van der Waals surface area contributed by atoms with Crippen molar-refractivity contribution in [3.05, 3.63) is 181 Å². The largest absolute Gasteiger partial charge is 0.488 e. The van der Waals surface area contributed by atoms with Crippen molar-refractivity contribution in [3.8, 4) is 84.4 Å². The highest BCUT2D eigenvalue weighted by molar-refractivity contribution is 5.90. The Labute approximate surface area is 294 Å². The molecule has 4 heteroatoms. The van der Waals surface area contributed by atoms with Crippen molar-refractivity contribution in [1.82, 2.24) is 15.0 Å². The molecule has 1 aliphatic rings. The minimum Gasteiger partial charge on any atom is -0.488 e. The van der Waals surface area contributed by atoms with Crippen LogP contribution in [0, 0.1) is 0 Å². The summed E-state index contributed by atoms with van der Waals surface area (Å²) < 4.78 is 22.9. The molecular weight excluding hydrogens is 611 g/mol. The van der Waals surface area contributed by atoms with Crippen molar-refractivity contribution in [2.45, 2.75) is 6.56 Å². The Morgan fingerprint density at radius 3 is 1.52 bits per heavy atom. The molecule has 4 nitrogen and oxygen atoms in total. The van der Waals surface area contributed by atoms with Crippen LogP contribution in [-0.4, -0.2) is 15.0 Å². The number of aromatic nitrogens is 3. The molecule has 8 aromatic rings. The molecule has 0 atom stereocenters. The van der Waals surface area contributed by atoms with Gasteiger partial charge in [-0.3, -0.25) is 0 Å². The molecule has 1 aromatic heterocycles. The van der Waals surface area contributed by atoms with Crippen LogP contribution in [0.15, 0.2) is 176 Å².